The Morgan fingerprint density at radius 2 is 1.71 bits per heavy atom. The van der Waals surface area contributed by atoms with E-state index in [9.17, 15) is 27.6 Å². The van der Waals surface area contributed by atoms with Gasteiger partial charge in [-0.15, -0.1) is 11.3 Å². The standard InChI is InChI=1S/C32H28N4O7S2/c37-28-20-36(45(41,42)32(40)22-6-4-15-33-19-22)27-14-16-35(29(27)28)31(39)26(18-25-9-5-17-44-25)34-30(38)21-10-12-24(13-11-21)43-23-7-2-1-3-8-23/h1-13,15,17,19,26-27,29H,14,16,18,20H2,(H,34,38). The number of likely N-dealkylation sites (tertiary alicyclic amines) is 1. The van der Waals surface area contributed by atoms with Gasteiger partial charge >= 0.3 is 0 Å². The van der Waals surface area contributed by atoms with Crippen molar-refractivity contribution in [1.29, 1.82) is 0 Å². The minimum atomic E-state index is -4.55. The lowest BCUT2D eigenvalue weighted by atomic mass is 10.1. The molecule has 3 atom stereocenters. The van der Waals surface area contributed by atoms with Crippen molar-refractivity contribution < 1.29 is 32.3 Å². The summed E-state index contributed by atoms with van der Waals surface area (Å²) in [5, 5.41) is 3.53. The number of fused-ring (bicyclic) bond motifs is 1. The minimum Gasteiger partial charge on any atom is -0.457 e. The number of pyridine rings is 1. The number of aromatic nitrogens is 1. The zero-order chi connectivity index (χ0) is 31.6. The predicted molar refractivity (Wildman–Crippen MR) is 165 cm³/mol. The van der Waals surface area contributed by atoms with Crippen LogP contribution in [0.5, 0.6) is 11.5 Å². The second kappa shape index (κ2) is 12.7. The van der Waals surface area contributed by atoms with Crippen LogP contribution in [-0.2, 0) is 26.0 Å². The van der Waals surface area contributed by atoms with Gasteiger partial charge in [0.25, 0.3) is 21.0 Å². The molecule has 2 fully saturated rings. The summed E-state index contributed by atoms with van der Waals surface area (Å²) in [6.45, 7) is -0.428. The highest BCUT2D eigenvalue weighted by molar-refractivity contribution is 8.04. The van der Waals surface area contributed by atoms with Gasteiger partial charge in [-0.3, -0.25) is 24.2 Å². The summed E-state index contributed by atoms with van der Waals surface area (Å²) < 4.78 is 33.3. The number of nitrogens with one attached hydrogen (secondary N) is 1. The molecule has 1 N–H and O–H groups in total. The van der Waals surface area contributed by atoms with Crippen LogP contribution in [0.3, 0.4) is 0 Å². The number of Topliss-reactive ketones (excluding diaryl/α,β-unsaturated/α-hetero) is 1. The molecule has 2 aliphatic rings. The van der Waals surface area contributed by atoms with Gasteiger partial charge in [-0.1, -0.05) is 24.3 Å². The average molecular weight is 645 g/mol. The molecular formula is C32H28N4O7S2. The van der Waals surface area contributed by atoms with Crippen molar-refractivity contribution in [1.82, 2.24) is 19.5 Å². The van der Waals surface area contributed by atoms with Crippen LogP contribution in [0, 0.1) is 0 Å². The molecule has 4 aromatic rings. The zero-order valence-electron chi connectivity index (χ0n) is 23.8. The second-order valence-corrected chi connectivity index (χ2v) is 13.4. The number of amides is 2. The zero-order valence-corrected chi connectivity index (χ0v) is 25.4. The number of ether oxygens (including phenoxy) is 1. The maximum Gasteiger partial charge on any atom is 0.293 e. The third kappa shape index (κ3) is 6.27. The average Bonchev–Trinajstić information content (AvgIpc) is 3.81. The Hall–Kier alpha value is -4.72. The van der Waals surface area contributed by atoms with E-state index >= 15 is 0 Å². The van der Waals surface area contributed by atoms with E-state index in [1.165, 1.54) is 34.6 Å². The molecule has 0 spiro atoms. The molecule has 2 amide bonds. The highest BCUT2D eigenvalue weighted by atomic mass is 32.2. The highest BCUT2D eigenvalue weighted by Crippen LogP contribution is 2.33. The fourth-order valence-electron chi connectivity index (χ4n) is 5.65. The Morgan fingerprint density at radius 3 is 2.40 bits per heavy atom. The van der Waals surface area contributed by atoms with Crippen LogP contribution in [-0.4, -0.2) is 76.5 Å². The number of sulfonamides is 1. The first kappa shape index (κ1) is 30.3. The molecule has 2 aromatic carbocycles. The SMILES string of the molecule is O=C(NC(Cc1cccs1)C(=O)N1CCC2C1C(=O)CN2S(=O)(=O)C(=O)c1cccnc1)c1ccc(Oc2ccccc2)cc1. The number of thiophene rings is 1. The summed E-state index contributed by atoms with van der Waals surface area (Å²) >= 11 is 1.43. The Bertz CT molecular complexity index is 1820. The lowest BCUT2D eigenvalue weighted by molar-refractivity contribution is -0.138. The van der Waals surface area contributed by atoms with Crippen LogP contribution in [0.25, 0.3) is 0 Å². The maximum atomic E-state index is 14.0. The first-order valence-electron chi connectivity index (χ1n) is 14.2. The van der Waals surface area contributed by atoms with Crippen molar-refractivity contribution in [2.45, 2.75) is 31.0 Å². The van der Waals surface area contributed by atoms with Gasteiger partial charge in [0, 0.05) is 35.8 Å². The molecule has 3 unspecified atom stereocenters. The molecule has 0 saturated carbocycles. The lowest BCUT2D eigenvalue weighted by Crippen LogP contribution is -2.53. The van der Waals surface area contributed by atoms with Gasteiger partial charge in [-0.25, -0.2) is 8.42 Å². The van der Waals surface area contributed by atoms with Crippen LogP contribution < -0.4 is 10.1 Å². The van der Waals surface area contributed by atoms with Gasteiger partial charge in [-0.2, -0.15) is 4.31 Å². The van der Waals surface area contributed by atoms with Crippen molar-refractivity contribution in [3.8, 4) is 11.5 Å². The van der Waals surface area contributed by atoms with Crippen LogP contribution in [0.1, 0.15) is 32.0 Å². The molecule has 2 aromatic heterocycles. The van der Waals surface area contributed by atoms with E-state index in [2.05, 4.69) is 10.3 Å². The second-order valence-electron chi connectivity index (χ2n) is 10.6. The molecule has 0 bridgehead atoms. The van der Waals surface area contributed by atoms with Gasteiger partial charge in [0.05, 0.1) is 18.2 Å². The smallest absolute Gasteiger partial charge is 0.293 e. The molecule has 2 saturated heterocycles. The molecule has 4 heterocycles. The van der Waals surface area contributed by atoms with Gasteiger partial charge < -0.3 is 15.0 Å². The van der Waals surface area contributed by atoms with Gasteiger partial charge in [0.15, 0.2) is 5.78 Å². The first-order valence-corrected chi connectivity index (χ1v) is 16.5. The largest absolute Gasteiger partial charge is 0.457 e. The van der Waals surface area contributed by atoms with Crippen molar-refractivity contribution >= 4 is 44.1 Å². The number of nitrogens with zero attached hydrogens (tertiary/aromatic N) is 3. The Kier molecular flexibility index (Phi) is 8.57. The van der Waals surface area contributed by atoms with E-state index < -0.39 is 57.4 Å². The van der Waals surface area contributed by atoms with Crippen LogP contribution in [0.15, 0.2) is 96.6 Å². The number of para-hydroxylation sites is 1. The Labute approximate surface area is 263 Å². The summed E-state index contributed by atoms with van der Waals surface area (Å²) in [6.07, 6.45) is 2.92. The number of benzene rings is 2. The summed E-state index contributed by atoms with van der Waals surface area (Å²) in [5.41, 5.74) is 0.194. The third-order valence-electron chi connectivity index (χ3n) is 7.79. The number of hydrogen-bond acceptors (Lipinski definition) is 9. The predicted octanol–water partition coefficient (Wildman–Crippen LogP) is 3.30. The van der Waals surface area contributed by atoms with Gasteiger partial charge in [0.1, 0.15) is 23.6 Å². The van der Waals surface area contributed by atoms with E-state index in [0.29, 0.717) is 17.1 Å². The van der Waals surface area contributed by atoms with E-state index in [1.54, 1.807) is 24.3 Å². The van der Waals surface area contributed by atoms with Gasteiger partial charge in [0.2, 0.25) is 5.91 Å². The first-order chi connectivity index (χ1) is 21.7. The van der Waals surface area contributed by atoms with Crippen LogP contribution in [0.2, 0.25) is 0 Å². The topological polar surface area (TPSA) is 143 Å². The van der Waals surface area contributed by atoms with E-state index in [4.69, 9.17) is 4.74 Å². The lowest BCUT2D eigenvalue weighted by Gasteiger charge is -2.28. The molecule has 11 nitrogen and oxygen atoms in total. The fourth-order valence-corrected chi connectivity index (χ4v) is 7.91. The van der Waals surface area contributed by atoms with Crippen molar-refractivity contribution in [3.63, 3.8) is 0 Å². The molecule has 13 heteroatoms. The summed E-state index contributed by atoms with van der Waals surface area (Å²) in [6, 6.07) is 19.2. The summed E-state index contributed by atoms with van der Waals surface area (Å²) in [4.78, 5) is 59.5. The normalized spacial score (nSPS) is 18.8. The summed E-state index contributed by atoms with van der Waals surface area (Å²) in [7, 11) is -4.55. The molecule has 45 heavy (non-hydrogen) atoms. The molecule has 6 rings (SSSR count). The van der Waals surface area contributed by atoms with Crippen LogP contribution in [0.4, 0.5) is 0 Å². The quantitative estimate of drug-likeness (QED) is 0.293. The van der Waals surface area contributed by atoms with Gasteiger partial charge in [-0.05, 0) is 66.4 Å². The van der Waals surface area contributed by atoms with E-state index in [0.717, 1.165) is 15.4 Å². The Morgan fingerprint density at radius 1 is 0.956 bits per heavy atom. The molecule has 0 aliphatic carbocycles. The number of carbonyl (C=O) groups excluding carboxylic acids is 4. The molecular weight excluding hydrogens is 617 g/mol. The Balaban J connectivity index is 1.19. The minimum absolute atomic E-state index is 0.0926. The van der Waals surface area contributed by atoms with Crippen LogP contribution >= 0.6 is 11.3 Å². The molecule has 230 valence electrons. The molecule has 0 radical (unpaired) electrons. The van der Waals surface area contributed by atoms with Crippen molar-refractivity contribution in [2.24, 2.45) is 0 Å². The highest BCUT2D eigenvalue weighted by Gasteiger charge is 2.55. The fraction of sp³-hybridized carbons (Fsp3) is 0.219. The van der Waals surface area contributed by atoms with E-state index in [1.807, 2.05) is 47.8 Å². The maximum absolute atomic E-state index is 14.0. The number of hydrogen-bond donors (Lipinski definition) is 1. The monoisotopic (exact) mass is 644 g/mol. The molecule has 2 aliphatic heterocycles. The number of ketones is 1. The number of rotatable bonds is 9. The number of carbonyl (C=O) groups is 4. The van der Waals surface area contributed by atoms with Crippen molar-refractivity contribution in [3.05, 3.63) is 113 Å². The summed E-state index contributed by atoms with van der Waals surface area (Å²) in [5.74, 6) is -0.290. The van der Waals surface area contributed by atoms with Crippen molar-refractivity contribution in [2.75, 3.05) is 13.1 Å². The third-order valence-corrected chi connectivity index (χ3v) is 10.4. The van der Waals surface area contributed by atoms with E-state index in [-0.39, 0.29) is 24.9 Å².